The molecule has 2 heteroatoms. The Morgan fingerprint density at radius 1 is 1.29 bits per heavy atom. The van der Waals surface area contributed by atoms with Gasteiger partial charge in [0.2, 0.25) is 0 Å². The Bertz CT molecular complexity index is 227. The van der Waals surface area contributed by atoms with Gasteiger partial charge in [0, 0.05) is 12.6 Å². The number of likely N-dealkylation sites (tertiary alicyclic amines) is 1. The Kier molecular flexibility index (Phi) is 4.48. The molecule has 1 atom stereocenters. The van der Waals surface area contributed by atoms with Gasteiger partial charge in [-0.05, 0) is 56.7 Å². The van der Waals surface area contributed by atoms with Crippen LogP contribution >= 0.6 is 0 Å². The van der Waals surface area contributed by atoms with Gasteiger partial charge in [-0.1, -0.05) is 27.2 Å². The maximum absolute atomic E-state index is 3.65. The lowest BCUT2D eigenvalue weighted by Gasteiger charge is -2.39. The van der Waals surface area contributed by atoms with E-state index in [9.17, 15) is 0 Å². The summed E-state index contributed by atoms with van der Waals surface area (Å²) in [4.78, 5) is 2.68. The minimum Gasteiger partial charge on any atom is -0.314 e. The third kappa shape index (κ3) is 4.26. The van der Waals surface area contributed by atoms with E-state index in [-0.39, 0.29) is 0 Å². The lowest BCUT2D eigenvalue weighted by molar-refractivity contribution is 0.103. The fourth-order valence-electron chi connectivity index (χ4n) is 2.79. The molecule has 1 heterocycles. The number of hydrogen-bond donors (Lipinski definition) is 1. The van der Waals surface area contributed by atoms with Crippen LogP contribution in [0.2, 0.25) is 0 Å². The predicted molar refractivity (Wildman–Crippen MR) is 74.3 cm³/mol. The van der Waals surface area contributed by atoms with Crippen molar-refractivity contribution in [2.45, 2.75) is 58.9 Å². The van der Waals surface area contributed by atoms with E-state index >= 15 is 0 Å². The van der Waals surface area contributed by atoms with Crippen molar-refractivity contribution in [2.75, 3.05) is 26.2 Å². The molecule has 2 fully saturated rings. The third-order valence-electron chi connectivity index (χ3n) is 4.82. The molecule has 1 saturated heterocycles. The Balaban J connectivity index is 1.62. The van der Waals surface area contributed by atoms with E-state index in [1.165, 1.54) is 58.3 Å². The fraction of sp³-hybridized carbons (Fsp3) is 1.00. The first-order chi connectivity index (χ1) is 8.11. The van der Waals surface area contributed by atoms with Crippen LogP contribution in [0.5, 0.6) is 0 Å². The van der Waals surface area contributed by atoms with Crippen molar-refractivity contribution in [2.24, 2.45) is 11.3 Å². The van der Waals surface area contributed by atoms with Crippen LogP contribution in [0.1, 0.15) is 52.9 Å². The standard InChI is InChI=1S/C15H30N2/c1-4-15(3)7-9-17(10-8-15)12-13(2)11-16-14-5-6-14/h13-14,16H,4-12H2,1-3H3. The summed E-state index contributed by atoms with van der Waals surface area (Å²) in [6, 6.07) is 0.863. The van der Waals surface area contributed by atoms with Crippen LogP contribution in [-0.4, -0.2) is 37.1 Å². The fourth-order valence-corrected chi connectivity index (χ4v) is 2.79. The molecule has 1 N–H and O–H groups in total. The van der Waals surface area contributed by atoms with Gasteiger partial charge >= 0.3 is 0 Å². The van der Waals surface area contributed by atoms with Crippen LogP contribution in [0.4, 0.5) is 0 Å². The summed E-state index contributed by atoms with van der Waals surface area (Å²) < 4.78 is 0. The van der Waals surface area contributed by atoms with Crippen molar-refractivity contribution in [1.29, 1.82) is 0 Å². The van der Waals surface area contributed by atoms with Crippen LogP contribution in [0.25, 0.3) is 0 Å². The highest BCUT2D eigenvalue weighted by Crippen LogP contribution is 2.34. The van der Waals surface area contributed by atoms with Gasteiger partial charge in [-0.25, -0.2) is 0 Å². The van der Waals surface area contributed by atoms with Gasteiger partial charge in [-0.2, -0.15) is 0 Å². The van der Waals surface area contributed by atoms with Gasteiger partial charge in [0.25, 0.3) is 0 Å². The summed E-state index contributed by atoms with van der Waals surface area (Å²) in [6.45, 7) is 12.3. The van der Waals surface area contributed by atoms with Crippen LogP contribution < -0.4 is 5.32 Å². The summed E-state index contributed by atoms with van der Waals surface area (Å²) in [5, 5.41) is 3.65. The molecule has 0 aromatic heterocycles. The average Bonchev–Trinajstić information content (AvgIpc) is 3.14. The number of nitrogens with zero attached hydrogens (tertiary/aromatic N) is 1. The quantitative estimate of drug-likeness (QED) is 0.765. The molecule has 1 unspecified atom stereocenters. The van der Waals surface area contributed by atoms with Crippen molar-refractivity contribution in [3.8, 4) is 0 Å². The molecule has 1 saturated carbocycles. The summed E-state index contributed by atoms with van der Waals surface area (Å²) >= 11 is 0. The molecule has 0 bridgehead atoms. The van der Waals surface area contributed by atoms with Crippen molar-refractivity contribution < 1.29 is 0 Å². The van der Waals surface area contributed by atoms with Gasteiger partial charge < -0.3 is 10.2 Å². The molecule has 1 aliphatic heterocycles. The number of hydrogen-bond acceptors (Lipinski definition) is 2. The zero-order chi connectivity index (χ0) is 12.3. The molecule has 17 heavy (non-hydrogen) atoms. The zero-order valence-corrected chi connectivity index (χ0v) is 12.0. The summed E-state index contributed by atoms with van der Waals surface area (Å²) in [6.07, 6.45) is 6.95. The first kappa shape index (κ1) is 13.4. The SMILES string of the molecule is CCC1(C)CCN(CC(C)CNC2CC2)CC1. The van der Waals surface area contributed by atoms with Gasteiger partial charge in [0.05, 0.1) is 0 Å². The molecule has 0 radical (unpaired) electrons. The monoisotopic (exact) mass is 238 g/mol. The first-order valence-electron chi connectivity index (χ1n) is 7.57. The number of nitrogens with one attached hydrogen (secondary N) is 1. The van der Waals surface area contributed by atoms with E-state index < -0.39 is 0 Å². The predicted octanol–water partition coefficient (Wildman–Crippen LogP) is 2.89. The van der Waals surface area contributed by atoms with Crippen molar-refractivity contribution in [1.82, 2.24) is 10.2 Å². The van der Waals surface area contributed by atoms with Crippen molar-refractivity contribution >= 4 is 0 Å². The lowest BCUT2D eigenvalue weighted by atomic mass is 9.78. The van der Waals surface area contributed by atoms with Crippen LogP contribution in [0.3, 0.4) is 0 Å². The average molecular weight is 238 g/mol. The highest BCUT2D eigenvalue weighted by atomic mass is 15.1. The molecule has 2 aliphatic rings. The van der Waals surface area contributed by atoms with E-state index in [0.29, 0.717) is 5.41 Å². The van der Waals surface area contributed by atoms with Crippen molar-refractivity contribution in [3.63, 3.8) is 0 Å². The molecule has 0 spiro atoms. The summed E-state index contributed by atoms with van der Waals surface area (Å²) in [7, 11) is 0. The molecule has 0 aromatic rings. The maximum atomic E-state index is 3.65. The Labute approximate surface area is 107 Å². The second kappa shape index (κ2) is 5.71. The second-order valence-corrected chi connectivity index (χ2v) is 6.75. The van der Waals surface area contributed by atoms with Gasteiger partial charge in [0.15, 0.2) is 0 Å². The van der Waals surface area contributed by atoms with Gasteiger partial charge in [0.1, 0.15) is 0 Å². The Morgan fingerprint density at radius 3 is 2.47 bits per heavy atom. The third-order valence-corrected chi connectivity index (χ3v) is 4.82. The van der Waals surface area contributed by atoms with E-state index in [2.05, 4.69) is 31.0 Å². The lowest BCUT2D eigenvalue weighted by Crippen LogP contribution is -2.42. The zero-order valence-electron chi connectivity index (χ0n) is 12.0. The largest absolute Gasteiger partial charge is 0.314 e. The highest BCUT2D eigenvalue weighted by molar-refractivity contribution is 4.84. The molecule has 100 valence electrons. The van der Waals surface area contributed by atoms with Crippen LogP contribution in [-0.2, 0) is 0 Å². The molecule has 2 nitrogen and oxygen atoms in total. The molecular formula is C15H30N2. The van der Waals surface area contributed by atoms with E-state index in [0.717, 1.165) is 12.0 Å². The molecule has 1 aliphatic carbocycles. The number of rotatable bonds is 6. The van der Waals surface area contributed by atoms with Crippen LogP contribution in [0.15, 0.2) is 0 Å². The molecule has 0 aromatic carbocycles. The second-order valence-electron chi connectivity index (χ2n) is 6.75. The molecular weight excluding hydrogens is 208 g/mol. The summed E-state index contributed by atoms with van der Waals surface area (Å²) in [5.74, 6) is 0.807. The molecule has 0 amide bonds. The molecule has 2 rings (SSSR count). The van der Waals surface area contributed by atoms with Crippen molar-refractivity contribution in [3.05, 3.63) is 0 Å². The van der Waals surface area contributed by atoms with E-state index in [4.69, 9.17) is 0 Å². The Hall–Kier alpha value is -0.0800. The number of piperidine rings is 1. The van der Waals surface area contributed by atoms with Gasteiger partial charge in [-0.15, -0.1) is 0 Å². The minimum atomic E-state index is 0.631. The normalized spacial score (nSPS) is 27.0. The Morgan fingerprint density at radius 2 is 1.94 bits per heavy atom. The minimum absolute atomic E-state index is 0.631. The topological polar surface area (TPSA) is 15.3 Å². The van der Waals surface area contributed by atoms with E-state index in [1.54, 1.807) is 0 Å². The van der Waals surface area contributed by atoms with Crippen LogP contribution in [0, 0.1) is 11.3 Å². The first-order valence-corrected chi connectivity index (χ1v) is 7.57. The highest BCUT2D eigenvalue weighted by Gasteiger charge is 2.28. The smallest absolute Gasteiger partial charge is 0.00683 e. The maximum Gasteiger partial charge on any atom is 0.00683 e. The van der Waals surface area contributed by atoms with E-state index in [1.807, 2.05) is 0 Å². The van der Waals surface area contributed by atoms with Gasteiger partial charge in [-0.3, -0.25) is 0 Å². The summed E-state index contributed by atoms with van der Waals surface area (Å²) in [5.41, 5.74) is 0.631.